The van der Waals surface area contributed by atoms with Crippen molar-refractivity contribution in [2.45, 2.75) is 31.7 Å². The Balaban J connectivity index is 1.33. The number of carbonyl (C=O) groups excluding carboxylic acids is 1. The summed E-state index contributed by atoms with van der Waals surface area (Å²) >= 11 is 0. The van der Waals surface area contributed by atoms with Gasteiger partial charge < -0.3 is 15.5 Å². The predicted octanol–water partition coefficient (Wildman–Crippen LogP) is 3.96. The highest BCUT2D eigenvalue weighted by Gasteiger charge is 2.28. The van der Waals surface area contributed by atoms with Crippen LogP contribution < -0.4 is 10.6 Å². The second-order valence-electron chi connectivity index (χ2n) is 7.61. The molecular weight excluding hydrogens is 395 g/mol. The van der Waals surface area contributed by atoms with Crippen LogP contribution in [0, 0.1) is 5.82 Å². The number of carbonyl (C=O) groups is 1. The number of likely N-dealkylation sites (tertiary alicyclic amines) is 1. The summed E-state index contributed by atoms with van der Waals surface area (Å²) in [7, 11) is 0. The molecule has 0 bridgehead atoms. The van der Waals surface area contributed by atoms with Gasteiger partial charge in [-0.3, -0.25) is 9.78 Å². The van der Waals surface area contributed by atoms with E-state index in [0.717, 1.165) is 18.5 Å². The van der Waals surface area contributed by atoms with E-state index >= 15 is 0 Å². The monoisotopic (exact) mass is 420 g/mol. The Morgan fingerprint density at radius 3 is 2.61 bits per heavy atom. The summed E-state index contributed by atoms with van der Waals surface area (Å²) in [6.07, 6.45) is 6.79. The molecule has 1 atom stereocenters. The third-order valence-electron chi connectivity index (χ3n) is 5.42. The van der Waals surface area contributed by atoms with Gasteiger partial charge in [-0.2, -0.15) is 0 Å². The quantitative estimate of drug-likeness (QED) is 0.628. The molecule has 0 spiro atoms. The molecule has 160 valence electrons. The summed E-state index contributed by atoms with van der Waals surface area (Å²) in [4.78, 5) is 27.9. The summed E-state index contributed by atoms with van der Waals surface area (Å²) in [6.45, 7) is 3.03. The van der Waals surface area contributed by atoms with Crippen LogP contribution in [0.4, 0.5) is 21.7 Å². The second-order valence-corrected chi connectivity index (χ2v) is 7.61. The number of anilines is 3. The van der Waals surface area contributed by atoms with Crippen LogP contribution in [-0.4, -0.2) is 44.9 Å². The lowest BCUT2D eigenvalue weighted by Crippen LogP contribution is -2.45. The van der Waals surface area contributed by atoms with Crippen molar-refractivity contribution in [3.63, 3.8) is 0 Å². The SMILES string of the molecule is C[C@H](Nc1ccccc1F)C(=O)N1CCC(c2cncc(Nc3ccccn3)n2)CC1. The van der Waals surface area contributed by atoms with Gasteiger partial charge in [-0.25, -0.2) is 14.4 Å². The van der Waals surface area contributed by atoms with E-state index in [1.165, 1.54) is 6.07 Å². The first-order valence-corrected chi connectivity index (χ1v) is 10.4. The van der Waals surface area contributed by atoms with Crippen LogP contribution in [0.3, 0.4) is 0 Å². The maximum atomic E-state index is 13.9. The van der Waals surface area contributed by atoms with Crippen molar-refractivity contribution in [3.8, 4) is 0 Å². The van der Waals surface area contributed by atoms with Crippen molar-refractivity contribution >= 4 is 23.2 Å². The molecule has 1 amide bonds. The van der Waals surface area contributed by atoms with Crippen LogP contribution in [0.25, 0.3) is 0 Å². The minimum atomic E-state index is -0.501. The number of nitrogens with one attached hydrogen (secondary N) is 2. The fraction of sp³-hybridized carbons (Fsp3) is 0.304. The highest BCUT2D eigenvalue weighted by Crippen LogP contribution is 2.28. The molecule has 7 nitrogen and oxygen atoms in total. The number of pyridine rings is 1. The third kappa shape index (κ3) is 5.14. The normalized spacial score (nSPS) is 15.4. The number of piperidine rings is 1. The van der Waals surface area contributed by atoms with Crippen LogP contribution in [0.15, 0.2) is 61.1 Å². The van der Waals surface area contributed by atoms with Crippen molar-refractivity contribution in [2.75, 3.05) is 23.7 Å². The van der Waals surface area contributed by atoms with E-state index in [1.807, 2.05) is 23.1 Å². The maximum absolute atomic E-state index is 13.9. The van der Waals surface area contributed by atoms with Gasteiger partial charge in [0, 0.05) is 31.4 Å². The molecule has 31 heavy (non-hydrogen) atoms. The summed E-state index contributed by atoms with van der Waals surface area (Å²) in [5.41, 5.74) is 1.25. The van der Waals surface area contributed by atoms with Crippen LogP contribution in [0.2, 0.25) is 0 Å². The summed E-state index contributed by atoms with van der Waals surface area (Å²) < 4.78 is 13.9. The lowest BCUT2D eigenvalue weighted by molar-refractivity contribution is -0.132. The number of hydrogen-bond donors (Lipinski definition) is 2. The molecular formula is C23H25FN6O. The van der Waals surface area contributed by atoms with Gasteiger partial charge in [0.05, 0.1) is 17.6 Å². The van der Waals surface area contributed by atoms with Crippen molar-refractivity contribution in [1.29, 1.82) is 0 Å². The molecule has 0 saturated carbocycles. The van der Waals surface area contributed by atoms with E-state index in [1.54, 1.807) is 43.7 Å². The number of para-hydroxylation sites is 1. The van der Waals surface area contributed by atoms with Gasteiger partial charge in [-0.15, -0.1) is 0 Å². The van der Waals surface area contributed by atoms with Gasteiger partial charge in [0.25, 0.3) is 0 Å². The zero-order valence-corrected chi connectivity index (χ0v) is 17.3. The lowest BCUT2D eigenvalue weighted by atomic mass is 9.93. The molecule has 1 aromatic carbocycles. The molecule has 1 saturated heterocycles. The van der Waals surface area contributed by atoms with Crippen molar-refractivity contribution in [2.24, 2.45) is 0 Å². The van der Waals surface area contributed by atoms with Gasteiger partial charge >= 0.3 is 0 Å². The molecule has 0 aliphatic carbocycles. The Hall–Kier alpha value is -3.55. The standard InChI is InChI=1S/C23H25FN6O/c1-16(27-19-7-3-2-6-18(19)24)23(31)30-12-9-17(10-13-30)20-14-25-15-22(28-20)29-21-8-4-5-11-26-21/h2-8,11,14-17,27H,9-10,12-13H2,1H3,(H,26,28,29)/t16-/m0/s1. The number of hydrogen-bond acceptors (Lipinski definition) is 6. The topological polar surface area (TPSA) is 83.0 Å². The molecule has 4 rings (SSSR count). The average molecular weight is 420 g/mol. The van der Waals surface area contributed by atoms with E-state index in [-0.39, 0.29) is 17.6 Å². The summed E-state index contributed by atoms with van der Waals surface area (Å²) in [6, 6.07) is 11.5. The minimum Gasteiger partial charge on any atom is -0.372 e. The zero-order chi connectivity index (χ0) is 21.6. The first-order chi connectivity index (χ1) is 15.1. The van der Waals surface area contributed by atoms with Crippen LogP contribution in [-0.2, 0) is 4.79 Å². The zero-order valence-electron chi connectivity index (χ0n) is 17.3. The third-order valence-corrected chi connectivity index (χ3v) is 5.42. The Kier molecular flexibility index (Phi) is 6.35. The van der Waals surface area contributed by atoms with Crippen LogP contribution >= 0.6 is 0 Å². The van der Waals surface area contributed by atoms with E-state index in [9.17, 15) is 9.18 Å². The molecule has 0 unspecified atom stereocenters. The van der Waals surface area contributed by atoms with Crippen LogP contribution in [0.5, 0.6) is 0 Å². The van der Waals surface area contributed by atoms with E-state index in [0.29, 0.717) is 30.4 Å². The first kappa shape index (κ1) is 20.7. The Morgan fingerprint density at radius 1 is 1.10 bits per heavy atom. The summed E-state index contributed by atoms with van der Waals surface area (Å²) in [5, 5.41) is 6.14. The van der Waals surface area contributed by atoms with Gasteiger partial charge in [0.2, 0.25) is 5.91 Å². The van der Waals surface area contributed by atoms with Crippen LogP contribution in [0.1, 0.15) is 31.4 Å². The Bertz CT molecular complexity index is 1020. The second kappa shape index (κ2) is 9.51. The molecule has 8 heteroatoms. The molecule has 2 N–H and O–H groups in total. The van der Waals surface area contributed by atoms with Gasteiger partial charge in [-0.1, -0.05) is 18.2 Å². The fourth-order valence-electron chi connectivity index (χ4n) is 3.75. The average Bonchev–Trinajstić information content (AvgIpc) is 2.81. The van der Waals surface area contributed by atoms with E-state index in [4.69, 9.17) is 4.98 Å². The molecule has 1 fully saturated rings. The smallest absolute Gasteiger partial charge is 0.244 e. The molecule has 3 heterocycles. The molecule has 1 aliphatic heterocycles. The largest absolute Gasteiger partial charge is 0.372 e. The first-order valence-electron chi connectivity index (χ1n) is 10.4. The number of aromatic nitrogens is 3. The number of benzene rings is 1. The highest BCUT2D eigenvalue weighted by molar-refractivity contribution is 5.84. The van der Waals surface area contributed by atoms with Crippen molar-refractivity contribution in [1.82, 2.24) is 19.9 Å². The number of nitrogens with zero attached hydrogens (tertiary/aromatic N) is 4. The minimum absolute atomic E-state index is 0.0293. The summed E-state index contributed by atoms with van der Waals surface area (Å²) in [5.74, 6) is 1.21. The fourth-order valence-corrected chi connectivity index (χ4v) is 3.75. The van der Waals surface area contributed by atoms with Crippen molar-refractivity contribution in [3.05, 3.63) is 72.6 Å². The maximum Gasteiger partial charge on any atom is 0.244 e. The predicted molar refractivity (Wildman–Crippen MR) is 118 cm³/mol. The van der Waals surface area contributed by atoms with E-state index < -0.39 is 6.04 Å². The number of rotatable bonds is 6. The molecule has 2 aromatic heterocycles. The molecule has 3 aromatic rings. The number of halogens is 1. The molecule has 0 radical (unpaired) electrons. The van der Waals surface area contributed by atoms with Crippen molar-refractivity contribution < 1.29 is 9.18 Å². The Labute approximate surface area is 180 Å². The molecule has 1 aliphatic rings. The Morgan fingerprint density at radius 2 is 1.87 bits per heavy atom. The van der Waals surface area contributed by atoms with Gasteiger partial charge in [-0.05, 0) is 44.0 Å². The highest BCUT2D eigenvalue weighted by atomic mass is 19.1. The lowest BCUT2D eigenvalue weighted by Gasteiger charge is -2.33. The van der Waals surface area contributed by atoms with E-state index in [2.05, 4.69) is 20.6 Å². The van der Waals surface area contributed by atoms with Gasteiger partial charge in [0.15, 0.2) is 0 Å². The number of amides is 1. The van der Waals surface area contributed by atoms with Gasteiger partial charge in [0.1, 0.15) is 23.5 Å².